The minimum Gasteiger partial charge on any atom is -0.398 e. The van der Waals surface area contributed by atoms with Gasteiger partial charge in [0.05, 0.1) is 0 Å². The second-order valence-electron chi connectivity index (χ2n) is 5.13. The molecular weight excluding hydrogens is 364 g/mol. The number of nitrogens with two attached hydrogens (primary N) is 1. The van der Waals surface area contributed by atoms with Crippen LogP contribution in [0.3, 0.4) is 0 Å². The highest BCUT2D eigenvalue weighted by Crippen LogP contribution is 2.23. The predicted octanol–water partition coefficient (Wildman–Crippen LogP) is 4.37. The Bertz CT molecular complexity index is 809. The Kier molecular flexibility index (Phi) is 4.18. The monoisotopic (exact) mass is 376 g/mol. The van der Waals surface area contributed by atoms with Crippen LogP contribution in [0.25, 0.3) is 11.4 Å². The van der Waals surface area contributed by atoms with Crippen molar-refractivity contribution in [1.82, 2.24) is 15.2 Å². The number of benzene rings is 2. The molecule has 3 aromatic rings. The van der Waals surface area contributed by atoms with E-state index in [1.807, 2.05) is 43.3 Å². The maximum Gasteiger partial charge on any atom is 0.181 e. The van der Waals surface area contributed by atoms with E-state index in [1.165, 1.54) is 0 Å². The first-order valence-electron chi connectivity index (χ1n) is 6.74. The Hall–Kier alpha value is -1.85. The molecule has 0 unspecified atom stereocenters. The Morgan fingerprint density at radius 1 is 1.23 bits per heavy atom. The van der Waals surface area contributed by atoms with E-state index < -0.39 is 0 Å². The van der Waals surface area contributed by atoms with Gasteiger partial charge in [-0.05, 0) is 42.3 Å². The van der Waals surface area contributed by atoms with Gasteiger partial charge in [-0.15, -0.1) is 0 Å². The number of rotatable bonds is 3. The molecule has 0 bridgehead atoms. The molecule has 3 rings (SSSR count). The molecule has 0 saturated heterocycles. The van der Waals surface area contributed by atoms with Crippen LogP contribution in [0, 0.1) is 6.92 Å². The van der Waals surface area contributed by atoms with Gasteiger partial charge in [-0.1, -0.05) is 39.7 Å². The molecule has 22 heavy (non-hydrogen) atoms. The Morgan fingerprint density at radius 3 is 2.77 bits per heavy atom. The molecule has 0 fully saturated rings. The minimum atomic E-state index is 0.632. The number of aryl methyl sites for hydroxylation is 1. The second kappa shape index (κ2) is 6.10. The van der Waals surface area contributed by atoms with Gasteiger partial charge in [0.25, 0.3) is 0 Å². The number of nitrogens with one attached hydrogen (secondary N) is 1. The second-order valence-corrected chi connectivity index (χ2v) is 6.48. The van der Waals surface area contributed by atoms with E-state index in [9.17, 15) is 0 Å². The van der Waals surface area contributed by atoms with Gasteiger partial charge < -0.3 is 5.73 Å². The molecular formula is C16H14BrClN4. The number of nitrogen functional groups attached to an aromatic ring is 1. The molecule has 1 aromatic heterocycles. The van der Waals surface area contributed by atoms with Gasteiger partial charge >= 0.3 is 0 Å². The van der Waals surface area contributed by atoms with Crippen molar-refractivity contribution in [3.05, 3.63) is 62.8 Å². The fourth-order valence-electron chi connectivity index (χ4n) is 2.19. The lowest BCUT2D eigenvalue weighted by atomic mass is 10.1. The van der Waals surface area contributed by atoms with Crippen molar-refractivity contribution in [2.24, 2.45) is 0 Å². The van der Waals surface area contributed by atoms with E-state index in [-0.39, 0.29) is 0 Å². The summed E-state index contributed by atoms with van der Waals surface area (Å²) in [6.45, 7) is 1.97. The van der Waals surface area contributed by atoms with Gasteiger partial charge in [0.2, 0.25) is 0 Å². The fourth-order valence-corrected chi connectivity index (χ4v) is 3.12. The minimum absolute atomic E-state index is 0.632. The van der Waals surface area contributed by atoms with Gasteiger partial charge in [-0.2, -0.15) is 5.10 Å². The van der Waals surface area contributed by atoms with Crippen LogP contribution in [0.4, 0.5) is 5.69 Å². The van der Waals surface area contributed by atoms with Gasteiger partial charge in [-0.3, -0.25) is 5.10 Å². The van der Waals surface area contributed by atoms with Crippen LogP contribution in [0.15, 0.2) is 40.9 Å². The molecule has 0 aliphatic carbocycles. The Balaban J connectivity index is 1.85. The van der Waals surface area contributed by atoms with E-state index in [4.69, 9.17) is 17.3 Å². The Labute approximate surface area is 141 Å². The summed E-state index contributed by atoms with van der Waals surface area (Å²) < 4.78 is 0.945. The van der Waals surface area contributed by atoms with Crippen molar-refractivity contribution in [2.45, 2.75) is 13.3 Å². The van der Waals surface area contributed by atoms with Crippen molar-refractivity contribution in [3.63, 3.8) is 0 Å². The first kappa shape index (κ1) is 15.1. The molecule has 0 amide bonds. The molecule has 112 valence electrons. The van der Waals surface area contributed by atoms with Crippen molar-refractivity contribution < 1.29 is 0 Å². The zero-order valence-electron chi connectivity index (χ0n) is 11.9. The number of nitrogens with zero attached hydrogens (tertiary/aromatic N) is 2. The van der Waals surface area contributed by atoms with Crippen LogP contribution in [0.1, 0.15) is 17.0 Å². The third-order valence-electron chi connectivity index (χ3n) is 3.36. The standard InChI is InChI=1S/C16H14BrClN4/c1-9-2-3-11(7-14(9)19)16-20-15(21-22-16)6-10-4-12(17)8-13(18)5-10/h2-5,7-8H,6,19H2,1H3,(H,20,21,22). The average Bonchev–Trinajstić information content (AvgIpc) is 2.89. The summed E-state index contributed by atoms with van der Waals surface area (Å²) in [7, 11) is 0. The van der Waals surface area contributed by atoms with Crippen molar-refractivity contribution in [3.8, 4) is 11.4 Å². The number of anilines is 1. The molecule has 0 radical (unpaired) electrons. The maximum absolute atomic E-state index is 6.06. The summed E-state index contributed by atoms with van der Waals surface area (Å²) in [6, 6.07) is 11.6. The highest BCUT2D eigenvalue weighted by molar-refractivity contribution is 9.10. The number of hydrogen-bond acceptors (Lipinski definition) is 3. The normalized spacial score (nSPS) is 10.9. The molecule has 0 spiro atoms. The summed E-state index contributed by atoms with van der Waals surface area (Å²) >= 11 is 9.50. The SMILES string of the molecule is Cc1ccc(-c2n[nH]c(Cc3cc(Cl)cc(Br)c3)n2)cc1N. The van der Waals surface area contributed by atoms with Gasteiger partial charge in [0.1, 0.15) is 5.82 Å². The van der Waals surface area contributed by atoms with E-state index in [2.05, 4.69) is 31.1 Å². The van der Waals surface area contributed by atoms with Crippen LogP contribution in [0.2, 0.25) is 5.02 Å². The van der Waals surface area contributed by atoms with E-state index in [1.54, 1.807) is 0 Å². The van der Waals surface area contributed by atoms with Crippen LogP contribution < -0.4 is 5.73 Å². The molecule has 0 aliphatic heterocycles. The van der Waals surface area contributed by atoms with Gasteiger partial charge in [0.15, 0.2) is 5.82 Å². The number of aromatic amines is 1. The number of H-pyrrole nitrogens is 1. The summed E-state index contributed by atoms with van der Waals surface area (Å²) in [4.78, 5) is 4.53. The lowest BCUT2D eigenvalue weighted by Crippen LogP contribution is -1.92. The molecule has 1 heterocycles. The smallest absolute Gasteiger partial charge is 0.181 e. The third-order valence-corrected chi connectivity index (χ3v) is 4.04. The van der Waals surface area contributed by atoms with Crippen LogP contribution in [-0.2, 0) is 6.42 Å². The van der Waals surface area contributed by atoms with Crippen LogP contribution in [0.5, 0.6) is 0 Å². The molecule has 6 heteroatoms. The predicted molar refractivity (Wildman–Crippen MR) is 92.9 cm³/mol. The van der Waals surface area contributed by atoms with Crippen molar-refractivity contribution >= 4 is 33.2 Å². The van der Waals surface area contributed by atoms with Crippen LogP contribution >= 0.6 is 27.5 Å². The number of halogens is 2. The highest BCUT2D eigenvalue weighted by Gasteiger charge is 2.08. The van der Waals surface area contributed by atoms with Crippen molar-refractivity contribution in [2.75, 3.05) is 5.73 Å². The third kappa shape index (κ3) is 3.31. The first-order valence-corrected chi connectivity index (χ1v) is 7.91. The number of aromatic nitrogens is 3. The number of hydrogen-bond donors (Lipinski definition) is 2. The van der Waals surface area contributed by atoms with E-state index >= 15 is 0 Å². The van der Waals surface area contributed by atoms with E-state index in [0.29, 0.717) is 17.3 Å². The lowest BCUT2D eigenvalue weighted by Gasteiger charge is -2.01. The van der Waals surface area contributed by atoms with E-state index in [0.717, 1.165) is 32.7 Å². The fraction of sp³-hybridized carbons (Fsp3) is 0.125. The summed E-state index contributed by atoms with van der Waals surface area (Å²) in [5.74, 6) is 1.42. The first-order chi connectivity index (χ1) is 10.5. The summed E-state index contributed by atoms with van der Waals surface area (Å²) in [5, 5.41) is 7.92. The Morgan fingerprint density at radius 2 is 2.05 bits per heavy atom. The molecule has 2 aromatic carbocycles. The summed E-state index contributed by atoms with van der Waals surface area (Å²) in [6.07, 6.45) is 0.632. The zero-order chi connectivity index (χ0) is 15.7. The van der Waals surface area contributed by atoms with Crippen molar-refractivity contribution in [1.29, 1.82) is 0 Å². The molecule has 3 N–H and O–H groups in total. The molecule has 4 nitrogen and oxygen atoms in total. The molecule has 0 atom stereocenters. The molecule has 0 saturated carbocycles. The zero-order valence-corrected chi connectivity index (χ0v) is 14.2. The van der Waals surface area contributed by atoms with Gasteiger partial charge in [0, 0.05) is 27.2 Å². The highest BCUT2D eigenvalue weighted by atomic mass is 79.9. The van der Waals surface area contributed by atoms with Gasteiger partial charge in [-0.25, -0.2) is 4.98 Å². The largest absolute Gasteiger partial charge is 0.398 e. The average molecular weight is 378 g/mol. The maximum atomic E-state index is 6.06. The molecule has 0 aliphatic rings. The summed E-state index contributed by atoms with van der Waals surface area (Å²) in [5.41, 5.74) is 9.68. The lowest BCUT2D eigenvalue weighted by molar-refractivity contribution is 0.972. The van der Waals surface area contributed by atoms with Crippen LogP contribution in [-0.4, -0.2) is 15.2 Å². The topological polar surface area (TPSA) is 67.6 Å². The quantitative estimate of drug-likeness (QED) is 0.666.